The third-order valence-corrected chi connectivity index (χ3v) is 4.35. The number of isocyanates is 2. The minimum Gasteiger partial charge on any atom is -0.256 e. The van der Waals surface area contributed by atoms with Crippen LogP contribution in [0.2, 0.25) is 0 Å². The third kappa shape index (κ3) is 5.40. The van der Waals surface area contributed by atoms with E-state index in [9.17, 15) is 9.59 Å². The molecule has 0 saturated carbocycles. The number of hydrogen-bond acceptors (Lipinski definition) is 6. The van der Waals surface area contributed by atoms with Gasteiger partial charge in [0.2, 0.25) is 12.2 Å². The average molecular weight is 394 g/mol. The zero-order chi connectivity index (χ0) is 21.3. The first kappa shape index (κ1) is 20.5. The van der Waals surface area contributed by atoms with Crippen molar-refractivity contribution in [1.82, 2.24) is 0 Å². The molecule has 0 unspecified atom stereocenters. The van der Waals surface area contributed by atoms with Gasteiger partial charge in [-0.1, -0.05) is 24.3 Å². The van der Waals surface area contributed by atoms with Gasteiger partial charge < -0.3 is 0 Å². The van der Waals surface area contributed by atoms with Gasteiger partial charge in [0.15, 0.2) is 0 Å². The van der Waals surface area contributed by atoms with Crippen LogP contribution in [-0.4, -0.2) is 24.6 Å². The van der Waals surface area contributed by atoms with E-state index in [2.05, 4.69) is 20.0 Å². The second-order valence-electron chi connectivity index (χ2n) is 6.53. The number of rotatable bonds is 6. The van der Waals surface area contributed by atoms with Gasteiger partial charge in [-0.2, -0.15) is 9.98 Å². The normalized spacial score (nSPS) is 10.7. The Morgan fingerprint density at radius 3 is 1.37 bits per heavy atom. The summed E-state index contributed by atoms with van der Waals surface area (Å²) in [5, 5.41) is 0. The molecule has 0 heterocycles. The summed E-state index contributed by atoms with van der Waals surface area (Å²) in [5.41, 5.74) is 6.49. The fourth-order valence-electron chi connectivity index (χ4n) is 2.77. The Hall–Kier alpha value is -4.24. The molecule has 30 heavy (non-hydrogen) atoms. The molecule has 0 amide bonds. The molecule has 3 aromatic rings. The monoisotopic (exact) mass is 394 g/mol. The Labute approximate surface area is 174 Å². The van der Waals surface area contributed by atoms with Crippen molar-refractivity contribution in [3.8, 4) is 0 Å². The fourth-order valence-corrected chi connectivity index (χ4v) is 2.77. The summed E-state index contributed by atoms with van der Waals surface area (Å²) >= 11 is 0. The van der Waals surface area contributed by atoms with Gasteiger partial charge in [-0.15, -0.1) is 0 Å². The van der Waals surface area contributed by atoms with E-state index in [0.29, 0.717) is 11.4 Å². The van der Waals surface area contributed by atoms with Gasteiger partial charge in [-0.3, -0.25) is 9.98 Å². The average Bonchev–Trinajstić information content (AvgIpc) is 2.74. The minimum absolute atomic E-state index is 0.562. The molecule has 0 aliphatic rings. The van der Waals surface area contributed by atoms with Crippen molar-refractivity contribution in [3.63, 3.8) is 0 Å². The molecule has 6 heteroatoms. The van der Waals surface area contributed by atoms with E-state index in [1.807, 2.05) is 50.2 Å². The summed E-state index contributed by atoms with van der Waals surface area (Å²) in [6.07, 6.45) is 6.63. The molecule has 0 saturated heterocycles. The van der Waals surface area contributed by atoms with Crippen LogP contribution in [0.1, 0.15) is 22.3 Å². The molecule has 0 N–H and O–H groups in total. The summed E-state index contributed by atoms with van der Waals surface area (Å²) in [7, 11) is 0. The predicted molar refractivity (Wildman–Crippen MR) is 119 cm³/mol. The van der Waals surface area contributed by atoms with Crippen molar-refractivity contribution >= 4 is 47.3 Å². The first-order valence-corrected chi connectivity index (χ1v) is 9.14. The van der Waals surface area contributed by atoms with E-state index in [1.54, 1.807) is 36.7 Å². The molecule has 0 atom stereocenters. The van der Waals surface area contributed by atoms with Crippen LogP contribution in [0.25, 0.3) is 0 Å². The number of aliphatic imine (C=N–C) groups is 4. The summed E-state index contributed by atoms with van der Waals surface area (Å²) in [6.45, 7) is 3.83. The van der Waals surface area contributed by atoms with Crippen LogP contribution in [-0.2, 0) is 9.59 Å². The SMILES string of the molecule is Cc1cc(N=C=O)ccc1/N=C/c1ccc(/C=N/c2ccc(N=C=O)cc2C)cc1. The molecule has 3 aromatic carbocycles. The van der Waals surface area contributed by atoms with Crippen molar-refractivity contribution in [2.24, 2.45) is 20.0 Å². The minimum atomic E-state index is 0.562. The maximum Gasteiger partial charge on any atom is 0.240 e. The Kier molecular flexibility index (Phi) is 6.70. The van der Waals surface area contributed by atoms with E-state index in [-0.39, 0.29) is 0 Å². The van der Waals surface area contributed by atoms with Crippen molar-refractivity contribution < 1.29 is 9.59 Å². The highest BCUT2D eigenvalue weighted by atomic mass is 16.1. The van der Waals surface area contributed by atoms with Crippen molar-refractivity contribution in [2.75, 3.05) is 0 Å². The van der Waals surface area contributed by atoms with Crippen LogP contribution in [0.4, 0.5) is 22.7 Å². The Balaban J connectivity index is 1.71. The van der Waals surface area contributed by atoms with Crippen LogP contribution < -0.4 is 0 Å². The fraction of sp³-hybridized carbons (Fsp3) is 0.0833. The molecular weight excluding hydrogens is 376 g/mol. The summed E-state index contributed by atoms with van der Waals surface area (Å²) in [6, 6.07) is 18.5. The van der Waals surface area contributed by atoms with Gasteiger partial charge in [0.05, 0.1) is 22.7 Å². The molecule has 0 bridgehead atoms. The molecule has 0 aliphatic carbocycles. The lowest BCUT2D eigenvalue weighted by molar-refractivity contribution is 0.564. The Morgan fingerprint density at radius 2 is 1.03 bits per heavy atom. The van der Waals surface area contributed by atoms with Crippen LogP contribution in [0.3, 0.4) is 0 Å². The van der Waals surface area contributed by atoms with Crippen molar-refractivity contribution in [1.29, 1.82) is 0 Å². The molecule has 146 valence electrons. The van der Waals surface area contributed by atoms with Crippen LogP contribution in [0.15, 0.2) is 80.6 Å². The first-order valence-electron chi connectivity index (χ1n) is 9.14. The van der Waals surface area contributed by atoms with Crippen LogP contribution in [0, 0.1) is 13.8 Å². The molecule has 6 nitrogen and oxygen atoms in total. The van der Waals surface area contributed by atoms with Gasteiger partial charge in [0.25, 0.3) is 0 Å². The highest BCUT2D eigenvalue weighted by Gasteiger charge is 1.99. The lowest BCUT2D eigenvalue weighted by Crippen LogP contribution is -1.85. The van der Waals surface area contributed by atoms with Gasteiger partial charge in [-0.05, 0) is 72.5 Å². The number of benzene rings is 3. The second kappa shape index (κ2) is 9.80. The van der Waals surface area contributed by atoms with Gasteiger partial charge >= 0.3 is 0 Å². The zero-order valence-corrected chi connectivity index (χ0v) is 16.5. The van der Waals surface area contributed by atoms with Gasteiger partial charge in [-0.25, -0.2) is 9.59 Å². The molecule has 0 spiro atoms. The lowest BCUT2D eigenvalue weighted by Gasteiger charge is -2.02. The molecule has 3 rings (SSSR count). The first-order chi connectivity index (χ1) is 14.6. The Morgan fingerprint density at radius 1 is 0.633 bits per heavy atom. The smallest absolute Gasteiger partial charge is 0.240 e. The number of hydrogen-bond donors (Lipinski definition) is 0. The predicted octanol–water partition coefficient (Wildman–Crippen LogP) is 5.74. The number of nitrogens with zero attached hydrogens (tertiary/aromatic N) is 4. The van der Waals surface area contributed by atoms with Crippen molar-refractivity contribution in [3.05, 3.63) is 82.9 Å². The van der Waals surface area contributed by atoms with Crippen LogP contribution in [0.5, 0.6) is 0 Å². The maximum absolute atomic E-state index is 10.3. The summed E-state index contributed by atoms with van der Waals surface area (Å²) in [4.78, 5) is 36.9. The van der Waals surface area contributed by atoms with Crippen LogP contribution >= 0.6 is 0 Å². The zero-order valence-electron chi connectivity index (χ0n) is 16.5. The topological polar surface area (TPSA) is 83.6 Å². The van der Waals surface area contributed by atoms with E-state index < -0.39 is 0 Å². The molecule has 0 aromatic heterocycles. The van der Waals surface area contributed by atoms with E-state index in [0.717, 1.165) is 33.6 Å². The highest BCUT2D eigenvalue weighted by molar-refractivity contribution is 5.86. The lowest BCUT2D eigenvalue weighted by atomic mass is 10.1. The standard InChI is InChI=1S/C24H18N4O2/c1-17-11-21(27-15-29)7-9-23(17)25-13-19-3-5-20(6-4-19)14-26-24-10-8-22(28-16-30)12-18(24)2/h3-14H,1-2H3/b25-13+,26-14+. The summed E-state index contributed by atoms with van der Waals surface area (Å²) in [5.74, 6) is 0. The van der Waals surface area contributed by atoms with E-state index in [1.165, 1.54) is 12.2 Å². The van der Waals surface area contributed by atoms with E-state index in [4.69, 9.17) is 0 Å². The third-order valence-electron chi connectivity index (χ3n) is 4.35. The van der Waals surface area contributed by atoms with Gasteiger partial charge in [0, 0.05) is 12.4 Å². The molecule has 0 aliphatic heterocycles. The number of carbonyl (C=O) groups excluding carboxylic acids is 2. The highest BCUT2D eigenvalue weighted by Crippen LogP contribution is 2.25. The molecular formula is C24H18N4O2. The largest absolute Gasteiger partial charge is 0.256 e. The maximum atomic E-state index is 10.3. The van der Waals surface area contributed by atoms with Crippen molar-refractivity contribution in [2.45, 2.75) is 13.8 Å². The Bertz CT molecular complexity index is 1120. The summed E-state index contributed by atoms with van der Waals surface area (Å²) < 4.78 is 0. The number of aryl methyl sites for hydroxylation is 2. The van der Waals surface area contributed by atoms with E-state index >= 15 is 0 Å². The second-order valence-corrected chi connectivity index (χ2v) is 6.53. The molecule has 0 radical (unpaired) electrons. The quantitative estimate of drug-likeness (QED) is 0.394. The molecule has 0 fully saturated rings. The van der Waals surface area contributed by atoms with Gasteiger partial charge in [0.1, 0.15) is 0 Å².